The van der Waals surface area contributed by atoms with Crippen LogP contribution in [-0.2, 0) is 0 Å². The van der Waals surface area contributed by atoms with Crippen molar-refractivity contribution in [3.63, 3.8) is 0 Å². The lowest BCUT2D eigenvalue weighted by molar-refractivity contribution is 0.408. The molecule has 5 aromatic rings. The number of aromatic nitrogens is 1. The first kappa shape index (κ1) is 12.4. The molecule has 0 fully saturated rings. The number of phenols is 2. The van der Waals surface area contributed by atoms with Crippen LogP contribution in [0.3, 0.4) is 0 Å². The zero-order valence-corrected chi connectivity index (χ0v) is 12.2. The van der Waals surface area contributed by atoms with Crippen molar-refractivity contribution in [1.29, 1.82) is 0 Å². The van der Waals surface area contributed by atoms with Gasteiger partial charge < -0.3 is 15.2 Å². The van der Waals surface area contributed by atoms with Crippen molar-refractivity contribution >= 4 is 43.4 Å². The third-order valence-electron chi connectivity index (χ3n) is 4.60. The lowest BCUT2D eigenvalue weighted by atomic mass is 9.99. The van der Waals surface area contributed by atoms with Gasteiger partial charge >= 0.3 is 0 Å². The molecular formula is C20H13NO2. The zero-order valence-electron chi connectivity index (χ0n) is 12.2. The smallest absolute Gasteiger partial charge is 0.165 e. The van der Waals surface area contributed by atoms with Crippen LogP contribution < -0.4 is 0 Å². The fourth-order valence-electron chi connectivity index (χ4n) is 3.54. The summed E-state index contributed by atoms with van der Waals surface area (Å²) in [5.74, 6) is -0.166. The summed E-state index contributed by atoms with van der Waals surface area (Å²) in [5.41, 5.74) is 2.09. The lowest BCUT2D eigenvalue weighted by Crippen LogP contribution is -1.78. The molecule has 0 aliphatic carbocycles. The molecule has 4 aromatic carbocycles. The van der Waals surface area contributed by atoms with E-state index in [4.69, 9.17) is 0 Å². The van der Waals surface area contributed by atoms with Gasteiger partial charge in [-0.15, -0.1) is 0 Å². The van der Waals surface area contributed by atoms with Crippen LogP contribution >= 0.6 is 0 Å². The molecule has 3 heteroatoms. The Hall–Kier alpha value is -3.20. The molecule has 0 saturated heterocycles. The van der Waals surface area contributed by atoms with E-state index < -0.39 is 0 Å². The number of H-pyrrole nitrogens is 1. The molecule has 0 spiro atoms. The molecule has 0 aliphatic rings. The summed E-state index contributed by atoms with van der Waals surface area (Å²) in [6, 6.07) is 19.7. The number of fused-ring (bicyclic) bond motifs is 7. The number of aromatic amines is 1. The number of nitrogens with one attached hydrogen (secondary N) is 1. The van der Waals surface area contributed by atoms with Gasteiger partial charge in [-0.3, -0.25) is 0 Å². The number of aromatic hydroxyl groups is 2. The molecule has 3 N–H and O–H groups in total. The first-order chi connectivity index (χ1) is 11.2. The summed E-state index contributed by atoms with van der Waals surface area (Å²) in [4.78, 5) is 3.45. The molecule has 0 unspecified atom stereocenters. The molecule has 110 valence electrons. The minimum Gasteiger partial charge on any atom is -0.504 e. The van der Waals surface area contributed by atoms with E-state index in [1.807, 2.05) is 30.3 Å². The molecule has 3 nitrogen and oxygen atoms in total. The van der Waals surface area contributed by atoms with Crippen molar-refractivity contribution in [1.82, 2.24) is 4.98 Å². The number of benzene rings is 4. The van der Waals surface area contributed by atoms with E-state index in [1.165, 1.54) is 10.8 Å². The van der Waals surface area contributed by atoms with Gasteiger partial charge in [0, 0.05) is 27.2 Å². The average Bonchev–Trinajstić information content (AvgIpc) is 2.97. The second-order valence-electron chi connectivity index (χ2n) is 5.85. The van der Waals surface area contributed by atoms with Gasteiger partial charge in [-0.05, 0) is 46.5 Å². The van der Waals surface area contributed by atoms with Crippen LogP contribution in [0.2, 0.25) is 0 Å². The first-order valence-corrected chi connectivity index (χ1v) is 7.51. The SMILES string of the molecule is Oc1ccc2c(ccc3[nH]c4ccc5ccccc5c4c32)c1O. The van der Waals surface area contributed by atoms with Crippen LogP contribution in [0, 0.1) is 0 Å². The van der Waals surface area contributed by atoms with E-state index in [0.717, 1.165) is 27.2 Å². The molecule has 0 radical (unpaired) electrons. The summed E-state index contributed by atoms with van der Waals surface area (Å²) in [6.45, 7) is 0. The quantitative estimate of drug-likeness (QED) is 0.351. The summed E-state index contributed by atoms with van der Waals surface area (Å²) in [6.07, 6.45) is 0. The van der Waals surface area contributed by atoms with Crippen molar-refractivity contribution in [2.24, 2.45) is 0 Å². The van der Waals surface area contributed by atoms with E-state index in [9.17, 15) is 10.2 Å². The highest BCUT2D eigenvalue weighted by atomic mass is 16.3. The van der Waals surface area contributed by atoms with E-state index in [2.05, 4.69) is 29.2 Å². The largest absolute Gasteiger partial charge is 0.504 e. The standard InChI is InChI=1S/C20H13NO2/c22-17-10-7-13-14(20(17)23)6-9-16-19(13)18-12-4-2-1-3-11(12)5-8-15(18)21-16/h1-10,21-23H. The van der Waals surface area contributed by atoms with E-state index in [0.29, 0.717) is 5.39 Å². The minimum atomic E-state index is -0.0958. The highest BCUT2D eigenvalue weighted by Gasteiger charge is 2.13. The molecule has 0 amide bonds. The number of hydrogen-bond acceptors (Lipinski definition) is 2. The van der Waals surface area contributed by atoms with Gasteiger partial charge in [0.25, 0.3) is 0 Å². The molecule has 23 heavy (non-hydrogen) atoms. The fraction of sp³-hybridized carbons (Fsp3) is 0. The molecule has 0 aliphatic heterocycles. The Kier molecular flexibility index (Phi) is 2.24. The Morgan fingerprint density at radius 2 is 1.30 bits per heavy atom. The van der Waals surface area contributed by atoms with Crippen molar-refractivity contribution in [2.45, 2.75) is 0 Å². The monoisotopic (exact) mass is 299 g/mol. The van der Waals surface area contributed by atoms with Gasteiger partial charge in [-0.2, -0.15) is 0 Å². The van der Waals surface area contributed by atoms with Crippen LogP contribution in [0.25, 0.3) is 43.4 Å². The fourth-order valence-corrected chi connectivity index (χ4v) is 3.54. The van der Waals surface area contributed by atoms with Crippen LogP contribution in [0.15, 0.2) is 60.7 Å². The van der Waals surface area contributed by atoms with Crippen LogP contribution in [0.5, 0.6) is 11.5 Å². The van der Waals surface area contributed by atoms with Crippen molar-refractivity contribution in [2.75, 3.05) is 0 Å². The summed E-state index contributed by atoms with van der Waals surface area (Å²) in [5, 5.41) is 26.1. The Morgan fingerprint density at radius 3 is 2.17 bits per heavy atom. The highest BCUT2D eigenvalue weighted by molar-refractivity contribution is 6.28. The predicted octanol–water partition coefficient (Wildman–Crippen LogP) is 5.04. The molecule has 0 saturated carbocycles. The maximum absolute atomic E-state index is 10.2. The maximum Gasteiger partial charge on any atom is 0.165 e. The molecule has 0 atom stereocenters. The molecule has 5 rings (SSSR count). The van der Waals surface area contributed by atoms with Crippen molar-refractivity contribution in [3.8, 4) is 11.5 Å². The second-order valence-corrected chi connectivity index (χ2v) is 5.85. The van der Waals surface area contributed by atoms with Crippen molar-refractivity contribution in [3.05, 3.63) is 60.7 Å². The van der Waals surface area contributed by atoms with Gasteiger partial charge in [0.1, 0.15) is 0 Å². The van der Waals surface area contributed by atoms with E-state index in [-0.39, 0.29) is 11.5 Å². The maximum atomic E-state index is 10.2. The van der Waals surface area contributed by atoms with Crippen LogP contribution in [-0.4, -0.2) is 15.2 Å². The summed E-state index contributed by atoms with van der Waals surface area (Å²) < 4.78 is 0. The number of rotatable bonds is 0. The van der Waals surface area contributed by atoms with Gasteiger partial charge in [0.15, 0.2) is 11.5 Å². The lowest BCUT2D eigenvalue weighted by Gasteiger charge is -2.06. The molecule has 0 bridgehead atoms. The molecular weight excluding hydrogens is 286 g/mol. The zero-order chi connectivity index (χ0) is 15.6. The average molecular weight is 299 g/mol. The van der Waals surface area contributed by atoms with Gasteiger partial charge in [-0.25, -0.2) is 0 Å². The highest BCUT2D eigenvalue weighted by Crippen LogP contribution is 2.41. The third-order valence-corrected chi connectivity index (χ3v) is 4.60. The molecule has 1 aromatic heterocycles. The van der Waals surface area contributed by atoms with Crippen LogP contribution in [0.1, 0.15) is 0 Å². The predicted molar refractivity (Wildman–Crippen MR) is 94.1 cm³/mol. The minimum absolute atomic E-state index is 0.0704. The van der Waals surface area contributed by atoms with Gasteiger partial charge in [0.05, 0.1) is 0 Å². The third kappa shape index (κ3) is 1.53. The van der Waals surface area contributed by atoms with Gasteiger partial charge in [0.2, 0.25) is 0 Å². The van der Waals surface area contributed by atoms with Crippen LogP contribution in [0.4, 0.5) is 0 Å². The normalized spacial score (nSPS) is 11.8. The second kappa shape index (κ2) is 4.17. The summed E-state index contributed by atoms with van der Waals surface area (Å²) in [7, 11) is 0. The topological polar surface area (TPSA) is 56.2 Å². The Labute approximate surface area is 131 Å². The molecule has 1 heterocycles. The number of phenolic OH excluding ortho intramolecular Hbond substituents is 2. The Balaban J connectivity index is 2.14. The van der Waals surface area contributed by atoms with Crippen molar-refractivity contribution < 1.29 is 10.2 Å². The summed E-state index contributed by atoms with van der Waals surface area (Å²) >= 11 is 0. The Morgan fingerprint density at radius 1 is 0.609 bits per heavy atom. The van der Waals surface area contributed by atoms with E-state index in [1.54, 1.807) is 6.07 Å². The Bertz CT molecular complexity index is 1230. The number of hydrogen-bond donors (Lipinski definition) is 3. The van der Waals surface area contributed by atoms with E-state index >= 15 is 0 Å². The first-order valence-electron chi connectivity index (χ1n) is 7.51. The van der Waals surface area contributed by atoms with Gasteiger partial charge in [-0.1, -0.05) is 30.3 Å².